The van der Waals surface area contributed by atoms with E-state index in [1.165, 1.54) is 7.11 Å². The normalized spacial score (nSPS) is 17.8. The van der Waals surface area contributed by atoms with Gasteiger partial charge in [-0.2, -0.15) is 0 Å². The van der Waals surface area contributed by atoms with Crippen molar-refractivity contribution in [3.8, 4) is 28.7 Å². The Hall–Kier alpha value is -1.95. The van der Waals surface area contributed by atoms with Crippen LogP contribution in [-0.2, 0) is 9.84 Å². The SMILES string of the molecule is CCCOc1c(OC)cc([C@H]2SC[C@H](c3cc(OC)c(OC)c(OC)c3)S2)cc1S(=O)(=O)CCO. The number of rotatable bonds is 12. The van der Waals surface area contributed by atoms with Crippen LogP contribution >= 0.6 is 23.5 Å². The molecule has 35 heavy (non-hydrogen) atoms. The molecular weight excluding hydrogens is 512 g/mol. The summed E-state index contributed by atoms with van der Waals surface area (Å²) in [5.74, 6) is 2.70. The molecule has 8 nitrogen and oxygen atoms in total. The molecule has 2 aromatic carbocycles. The third kappa shape index (κ3) is 6.07. The summed E-state index contributed by atoms with van der Waals surface area (Å²) in [6.07, 6.45) is 0.717. The van der Waals surface area contributed by atoms with Crippen LogP contribution in [0.5, 0.6) is 28.7 Å². The Bertz CT molecular complexity index is 1090. The van der Waals surface area contributed by atoms with Crippen LogP contribution in [0.4, 0.5) is 0 Å². The van der Waals surface area contributed by atoms with Crippen LogP contribution in [0.1, 0.15) is 34.3 Å². The molecule has 0 saturated carbocycles. The Morgan fingerprint density at radius 3 is 2.06 bits per heavy atom. The van der Waals surface area contributed by atoms with Gasteiger partial charge in [0.15, 0.2) is 32.8 Å². The molecule has 11 heteroatoms. The van der Waals surface area contributed by atoms with E-state index in [9.17, 15) is 13.5 Å². The molecule has 1 aliphatic rings. The third-order valence-corrected chi connectivity index (χ3v) is 10.5. The summed E-state index contributed by atoms with van der Waals surface area (Å²) < 4.78 is 53.7. The minimum Gasteiger partial charge on any atom is -0.493 e. The van der Waals surface area contributed by atoms with Crippen molar-refractivity contribution in [3.63, 3.8) is 0 Å². The summed E-state index contributed by atoms with van der Waals surface area (Å²) in [5, 5.41) is 9.46. The first-order valence-electron chi connectivity index (χ1n) is 11.1. The lowest BCUT2D eigenvalue weighted by Crippen LogP contribution is -2.13. The Kier molecular flexibility index (Phi) is 9.74. The smallest absolute Gasteiger partial charge is 0.203 e. The van der Waals surface area contributed by atoms with Crippen molar-refractivity contribution in [1.29, 1.82) is 0 Å². The molecule has 3 rings (SSSR count). The number of methoxy groups -OCH3 is 4. The van der Waals surface area contributed by atoms with Crippen LogP contribution in [0.3, 0.4) is 0 Å². The van der Waals surface area contributed by atoms with Crippen LogP contribution in [0, 0.1) is 0 Å². The van der Waals surface area contributed by atoms with Gasteiger partial charge in [0.1, 0.15) is 4.90 Å². The zero-order chi connectivity index (χ0) is 25.6. The van der Waals surface area contributed by atoms with Crippen LogP contribution in [0.25, 0.3) is 0 Å². The predicted molar refractivity (Wildman–Crippen MR) is 140 cm³/mol. The second-order valence-corrected chi connectivity index (χ2v) is 12.5. The quantitative estimate of drug-likeness (QED) is 0.411. The number of hydrogen-bond donors (Lipinski definition) is 1. The second-order valence-electron chi connectivity index (χ2n) is 7.69. The molecule has 2 atom stereocenters. The summed E-state index contributed by atoms with van der Waals surface area (Å²) in [5.41, 5.74) is 1.84. The van der Waals surface area contributed by atoms with Crippen molar-refractivity contribution in [2.24, 2.45) is 0 Å². The van der Waals surface area contributed by atoms with Gasteiger partial charge in [0.25, 0.3) is 0 Å². The van der Waals surface area contributed by atoms with Gasteiger partial charge in [0.05, 0.1) is 52.0 Å². The standard InChI is InChI=1S/C24H32O8S3/c1-6-8-32-23-19(30-4)12-16(13-21(23)35(26,27)9-7-25)24-33-14-20(34-24)15-10-17(28-2)22(31-5)18(11-15)29-3/h10-13,20,24-25H,6-9,14H2,1-5H3/t20-,24+/m1/s1. The van der Waals surface area contributed by atoms with E-state index < -0.39 is 16.4 Å². The van der Waals surface area contributed by atoms with Crippen LogP contribution in [0.2, 0.25) is 0 Å². The molecule has 194 valence electrons. The maximum atomic E-state index is 13.0. The summed E-state index contributed by atoms with van der Waals surface area (Å²) >= 11 is 3.44. The number of aliphatic hydroxyl groups excluding tert-OH is 1. The molecule has 0 aliphatic carbocycles. The molecule has 1 saturated heterocycles. The maximum Gasteiger partial charge on any atom is 0.203 e. The largest absolute Gasteiger partial charge is 0.493 e. The highest BCUT2D eigenvalue weighted by Crippen LogP contribution is 2.58. The summed E-state index contributed by atoms with van der Waals surface area (Å²) in [4.78, 5) is 0.0479. The zero-order valence-electron chi connectivity index (χ0n) is 20.5. The topological polar surface area (TPSA) is 101 Å². The molecular formula is C24H32O8S3. The van der Waals surface area contributed by atoms with E-state index >= 15 is 0 Å². The van der Waals surface area contributed by atoms with E-state index in [2.05, 4.69) is 0 Å². The molecule has 0 amide bonds. The van der Waals surface area contributed by atoms with Gasteiger partial charge < -0.3 is 28.8 Å². The van der Waals surface area contributed by atoms with Gasteiger partial charge >= 0.3 is 0 Å². The summed E-state index contributed by atoms with van der Waals surface area (Å²) in [6.45, 7) is 1.82. The molecule has 1 fully saturated rings. The molecule has 1 N–H and O–H groups in total. The van der Waals surface area contributed by atoms with Crippen molar-refractivity contribution in [1.82, 2.24) is 0 Å². The van der Waals surface area contributed by atoms with Crippen LogP contribution in [0.15, 0.2) is 29.2 Å². The number of benzene rings is 2. The molecule has 0 aromatic heterocycles. The summed E-state index contributed by atoms with van der Waals surface area (Å²) in [6, 6.07) is 7.38. The molecule has 2 aromatic rings. The van der Waals surface area contributed by atoms with Gasteiger partial charge in [-0.25, -0.2) is 8.42 Å². The Morgan fingerprint density at radius 2 is 1.51 bits per heavy atom. The van der Waals surface area contributed by atoms with Crippen LogP contribution < -0.4 is 23.7 Å². The van der Waals surface area contributed by atoms with Crippen molar-refractivity contribution in [3.05, 3.63) is 35.4 Å². The van der Waals surface area contributed by atoms with Crippen molar-refractivity contribution in [2.75, 3.05) is 53.2 Å². The van der Waals surface area contributed by atoms with Gasteiger partial charge in [-0.05, 0) is 41.8 Å². The highest BCUT2D eigenvalue weighted by atomic mass is 32.2. The number of aliphatic hydroxyl groups is 1. The third-order valence-electron chi connectivity index (χ3n) is 5.43. The summed E-state index contributed by atoms with van der Waals surface area (Å²) in [7, 11) is 2.47. The van der Waals surface area contributed by atoms with E-state index in [0.717, 1.165) is 23.3 Å². The van der Waals surface area contributed by atoms with E-state index in [1.54, 1.807) is 50.9 Å². The lowest BCUT2D eigenvalue weighted by molar-refractivity contribution is 0.285. The Labute approximate surface area is 215 Å². The monoisotopic (exact) mass is 544 g/mol. The molecule has 1 heterocycles. The van der Waals surface area contributed by atoms with Gasteiger partial charge in [-0.15, -0.1) is 23.5 Å². The minimum absolute atomic E-state index is 0.0312. The minimum atomic E-state index is -3.77. The van der Waals surface area contributed by atoms with Gasteiger partial charge in [0.2, 0.25) is 5.75 Å². The Balaban J connectivity index is 1.98. The van der Waals surface area contributed by atoms with E-state index in [0.29, 0.717) is 29.6 Å². The first kappa shape index (κ1) is 27.6. The van der Waals surface area contributed by atoms with Gasteiger partial charge in [0, 0.05) is 11.0 Å². The molecule has 0 bridgehead atoms. The average Bonchev–Trinajstić information content (AvgIpc) is 3.36. The van der Waals surface area contributed by atoms with Crippen molar-refractivity contribution in [2.45, 2.75) is 28.1 Å². The highest BCUT2D eigenvalue weighted by molar-refractivity contribution is 8.19. The number of thioether (sulfide) groups is 2. The highest BCUT2D eigenvalue weighted by Gasteiger charge is 2.33. The van der Waals surface area contributed by atoms with E-state index in [-0.39, 0.29) is 26.2 Å². The molecule has 1 aliphatic heterocycles. The number of hydrogen-bond acceptors (Lipinski definition) is 10. The predicted octanol–water partition coefficient (Wildman–Crippen LogP) is 4.50. The van der Waals surface area contributed by atoms with Crippen LogP contribution in [-0.4, -0.2) is 66.7 Å². The van der Waals surface area contributed by atoms with E-state index in [4.69, 9.17) is 23.7 Å². The van der Waals surface area contributed by atoms with Gasteiger partial charge in [-0.1, -0.05) is 6.92 Å². The lowest BCUT2D eigenvalue weighted by atomic mass is 10.1. The molecule has 0 unspecified atom stereocenters. The van der Waals surface area contributed by atoms with Gasteiger partial charge in [-0.3, -0.25) is 0 Å². The Morgan fingerprint density at radius 1 is 0.914 bits per heavy atom. The van der Waals surface area contributed by atoms with E-state index in [1.807, 2.05) is 25.1 Å². The average molecular weight is 545 g/mol. The first-order chi connectivity index (χ1) is 16.8. The fourth-order valence-corrected chi connectivity index (χ4v) is 8.21. The maximum absolute atomic E-state index is 13.0. The number of ether oxygens (including phenoxy) is 5. The number of sulfone groups is 1. The fraction of sp³-hybridized carbons (Fsp3) is 0.500. The second kappa shape index (κ2) is 12.3. The fourth-order valence-electron chi connectivity index (χ4n) is 3.73. The van der Waals surface area contributed by atoms with Crippen molar-refractivity contribution >= 4 is 33.4 Å². The first-order valence-corrected chi connectivity index (χ1v) is 14.7. The molecule has 0 spiro atoms. The lowest BCUT2D eigenvalue weighted by Gasteiger charge is -2.19. The zero-order valence-corrected chi connectivity index (χ0v) is 23.0. The van der Waals surface area contributed by atoms with Crippen molar-refractivity contribution < 1.29 is 37.2 Å². The molecule has 0 radical (unpaired) electrons.